The zero-order chi connectivity index (χ0) is 21.5. The van der Waals surface area contributed by atoms with Crippen molar-refractivity contribution in [1.29, 1.82) is 0 Å². The fourth-order valence-corrected chi connectivity index (χ4v) is 3.63. The van der Waals surface area contributed by atoms with Crippen LogP contribution in [0, 0.1) is 0 Å². The largest absolute Gasteiger partial charge is 0.255 e. The first-order chi connectivity index (χ1) is 15.3. The normalized spacial score (nSPS) is 11.2. The van der Waals surface area contributed by atoms with Crippen molar-refractivity contribution in [2.45, 2.75) is 58.9 Å². The summed E-state index contributed by atoms with van der Waals surface area (Å²) in [6.45, 7) is 5.11. The van der Waals surface area contributed by atoms with E-state index in [1.165, 1.54) is 18.4 Å². The van der Waals surface area contributed by atoms with Crippen molar-refractivity contribution in [3.05, 3.63) is 59.8 Å². The molecule has 0 radical (unpaired) electrons. The molecule has 0 aliphatic carbocycles. The highest BCUT2D eigenvalue weighted by atomic mass is 15.5. The van der Waals surface area contributed by atoms with Crippen LogP contribution in [0.4, 0.5) is 0 Å². The van der Waals surface area contributed by atoms with Gasteiger partial charge < -0.3 is 0 Å². The predicted octanol–water partition coefficient (Wildman–Crippen LogP) is 4.25. The number of benzene rings is 1. The number of tetrazole rings is 1. The van der Waals surface area contributed by atoms with Gasteiger partial charge in [0.15, 0.2) is 5.82 Å². The molecule has 0 saturated carbocycles. The van der Waals surface area contributed by atoms with E-state index < -0.39 is 0 Å². The lowest BCUT2D eigenvalue weighted by atomic mass is 10.0. The number of rotatable bonds is 10. The summed E-state index contributed by atoms with van der Waals surface area (Å²) in [7, 11) is 0. The van der Waals surface area contributed by atoms with Gasteiger partial charge in [0, 0.05) is 30.2 Å². The average Bonchev–Trinajstić information content (AvgIpc) is 3.46. The maximum atomic E-state index is 4.79. The van der Waals surface area contributed by atoms with Crippen LogP contribution in [0.3, 0.4) is 0 Å². The standard InChI is InChI=1S/C23H28N8/c1-3-5-6-10-21-25-20(8-4-2)28-31(21)16-17-11-13-18(14-12-17)22-19(9-7-15-24-22)23-26-29-30-27-23/h7,9,11-15H,3-6,8,10,16H2,1-2H3,(H,26,27,29,30). The van der Waals surface area contributed by atoms with Crippen molar-refractivity contribution in [2.75, 3.05) is 0 Å². The van der Waals surface area contributed by atoms with Crippen LogP contribution in [0.25, 0.3) is 22.6 Å². The molecule has 0 atom stereocenters. The molecule has 0 aliphatic rings. The van der Waals surface area contributed by atoms with Crippen molar-refractivity contribution in [2.24, 2.45) is 0 Å². The van der Waals surface area contributed by atoms with Gasteiger partial charge in [0.05, 0.1) is 12.2 Å². The number of hydrogen-bond acceptors (Lipinski definition) is 6. The van der Waals surface area contributed by atoms with Crippen LogP contribution in [0.5, 0.6) is 0 Å². The highest BCUT2D eigenvalue weighted by molar-refractivity contribution is 5.76. The van der Waals surface area contributed by atoms with Crippen LogP contribution >= 0.6 is 0 Å². The molecule has 31 heavy (non-hydrogen) atoms. The summed E-state index contributed by atoms with van der Waals surface area (Å²) < 4.78 is 2.07. The van der Waals surface area contributed by atoms with E-state index in [0.717, 1.165) is 60.7 Å². The van der Waals surface area contributed by atoms with Crippen LogP contribution in [0.1, 0.15) is 56.7 Å². The van der Waals surface area contributed by atoms with Crippen LogP contribution in [-0.4, -0.2) is 40.4 Å². The number of aromatic nitrogens is 8. The van der Waals surface area contributed by atoms with Crippen molar-refractivity contribution >= 4 is 0 Å². The Hall–Kier alpha value is -3.42. The molecule has 8 nitrogen and oxygen atoms in total. The monoisotopic (exact) mass is 416 g/mol. The van der Waals surface area contributed by atoms with Crippen molar-refractivity contribution in [3.8, 4) is 22.6 Å². The molecule has 160 valence electrons. The summed E-state index contributed by atoms with van der Waals surface area (Å²) in [5.41, 5.74) is 3.88. The van der Waals surface area contributed by atoms with Gasteiger partial charge in [-0.3, -0.25) is 4.98 Å². The minimum absolute atomic E-state index is 0.537. The van der Waals surface area contributed by atoms with Gasteiger partial charge in [0.1, 0.15) is 5.82 Å². The summed E-state index contributed by atoms with van der Waals surface area (Å²) in [6, 6.07) is 12.3. The van der Waals surface area contributed by atoms with Gasteiger partial charge in [-0.05, 0) is 35.8 Å². The van der Waals surface area contributed by atoms with Gasteiger partial charge in [0.25, 0.3) is 0 Å². The Morgan fingerprint density at radius 1 is 0.968 bits per heavy atom. The van der Waals surface area contributed by atoms with E-state index in [-0.39, 0.29) is 0 Å². The molecule has 0 fully saturated rings. The van der Waals surface area contributed by atoms with E-state index >= 15 is 0 Å². The van der Waals surface area contributed by atoms with E-state index in [4.69, 9.17) is 10.1 Å². The molecule has 4 rings (SSSR count). The first-order valence-corrected chi connectivity index (χ1v) is 11.0. The zero-order valence-electron chi connectivity index (χ0n) is 18.1. The summed E-state index contributed by atoms with van der Waals surface area (Å²) >= 11 is 0. The number of H-pyrrole nitrogens is 1. The van der Waals surface area contributed by atoms with Gasteiger partial charge in [-0.2, -0.15) is 10.3 Å². The molecule has 0 saturated heterocycles. The first-order valence-electron chi connectivity index (χ1n) is 11.0. The molecule has 3 aromatic heterocycles. The average molecular weight is 417 g/mol. The van der Waals surface area contributed by atoms with Crippen LogP contribution in [0.2, 0.25) is 0 Å². The molecule has 0 unspecified atom stereocenters. The lowest BCUT2D eigenvalue weighted by Gasteiger charge is -2.09. The molecule has 8 heteroatoms. The number of aryl methyl sites for hydroxylation is 2. The fraction of sp³-hybridized carbons (Fsp3) is 0.391. The lowest BCUT2D eigenvalue weighted by molar-refractivity contribution is 0.603. The quantitative estimate of drug-likeness (QED) is 0.388. The van der Waals surface area contributed by atoms with Crippen LogP contribution < -0.4 is 0 Å². The van der Waals surface area contributed by atoms with Gasteiger partial charge in [-0.15, -0.1) is 10.2 Å². The smallest absolute Gasteiger partial charge is 0.206 e. The molecular formula is C23H28N8. The summed E-state index contributed by atoms with van der Waals surface area (Å²) in [5.74, 6) is 2.57. The van der Waals surface area contributed by atoms with E-state index in [9.17, 15) is 0 Å². The van der Waals surface area contributed by atoms with Crippen molar-refractivity contribution in [1.82, 2.24) is 40.4 Å². The Labute approximate surface area is 182 Å². The van der Waals surface area contributed by atoms with E-state index in [2.05, 4.69) is 68.4 Å². The van der Waals surface area contributed by atoms with E-state index in [0.29, 0.717) is 5.82 Å². The molecule has 0 aliphatic heterocycles. The molecule has 0 bridgehead atoms. The molecule has 0 spiro atoms. The Balaban J connectivity index is 1.55. The lowest BCUT2D eigenvalue weighted by Crippen LogP contribution is -2.07. The van der Waals surface area contributed by atoms with Gasteiger partial charge >= 0.3 is 0 Å². The molecule has 3 heterocycles. The first kappa shape index (κ1) is 20.8. The zero-order valence-corrected chi connectivity index (χ0v) is 18.1. The summed E-state index contributed by atoms with van der Waals surface area (Å²) in [6.07, 6.45) is 8.31. The van der Waals surface area contributed by atoms with Gasteiger partial charge in [-0.25, -0.2) is 9.67 Å². The van der Waals surface area contributed by atoms with E-state index in [1.807, 2.05) is 12.1 Å². The summed E-state index contributed by atoms with van der Waals surface area (Å²) in [5, 5.41) is 19.1. The second-order valence-electron chi connectivity index (χ2n) is 7.64. The number of pyridine rings is 1. The number of nitrogens with one attached hydrogen (secondary N) is 1. The number of nitrogens with zero attached hydrogens (tertiary/aromatic N) is 7. The maximum Gasteiger partial charge on any atom is 0.206 e. The molecule has 0 amide bonds. The number of aromatic amines is 1. The second-order valence-corrected chi connectivity index (χ2v) is 7.64. The Morgan fingerprint density at radius 3 is 2.58 bits per heavy atom. The minimum Gasteiger partial charge on any atom is -0.255 e. The fourth-order valence-electron chi connectivity index (χ4n) is 3.63. The third-order valence-corrected chi connectivity index (χ3v) is 5.22. The molecule has 4 aromatic rings. The third-order valence-electron chi connectivity index (χ3n) is 5.22. The van der Waals surface area contributed by atoms with Crippen LogP contribution in [0.15, 0.2) is 42.6 Å². The van der Waals surface area contributed by atoms with Gasteiger partial charge in [-0.1, -0.05) is 51.0 Å². The highest BCUT2D eigenvalue weighted by Crippen LogP contribution is 2.27. The Morgan fingerprint density at radius 2 is 1.84 bits per heavy atom. The maximum absolute atomic E-state index is 4.79. The van der Waals surface area contributed by atoms with Gasteiger partial charge in [0.2, 0.25) is 5.82 Å². The van der Waals surface area contributed by atoms with Crippen molar-refractivity contribution in [3.63, 3.8) is 0 Å². The topological polar surface area (TPSA) is 98.1 Å². The SMILES string of the molecule is CCCCCc1nc(CCC)nn1Cc1ccc(-c2ncccc2-c2nn[nH]n2)cc1. The van der Waals surface area contributed by atoms with Crippen LogP contribution in [-0.2, 0) is 19.4 Å². The Bertz CT molecular complexity index is 1080. The number of hydrogen-bond donors (Lipinski definition) is 1. The second kappa shape index (κ2) is 10.1. The molecule has 1 aromatic carbocycles. The highest BCUT2D eigenvalue weighted by Gasteiger charge is 2.13. The molecular weight excluding hydrogens is 388 g/mol. The third kappa shape index (κ3) is 5.02. The van der Waals surface area contributed by atoms with E-state index in [1.54, 1.807) is 6.20 Å². The minimum atomic E-state index is 0.537. The Kier molecular flexibility index (Phi) is 6.76. The number of unbranched alkanes of at least 4 members (excludes halogenated alkanes) is 2. The summed E-state index contributed by atoms with van der Waals surface area (Å²) in [4.78, 5) is 9.34. The predicted molar refractivity (Wildman–Crippen MR) is 119 cm³/mol. The van der Waals surface area contributed by atoms with Crippen molar-refractivity contribution < 1.29 is 0 Å². The molecule has 1 N–H and O–H groups in total.